The van der Waals surface area contributed by atoms with Crippen LogP contribution < -0.4 is 10.6 Å². The zero-order valence-corrected chi connectivity index (χ0v) is 12.1. The van der Waals surface area contributed by atoms with Gasteiger partial charge in [-0.2, -0.15) is 0 Å². The van der Waals surface area contributed by atoms with Gasteiger partial charge in [0.1, 0.15) is 17.5 Å². The first-order valence-corrected chi connectivity index (χ1v) is 7.05. The number of nitrogens with zero attached hydrogens (tertiary/aromatic N) is 1. The van der Waals surface area contributed by atoms with Crippen LogP contribution >= 0.6 is 11.6 Å². The van der Waals surface area contributed by atoms with Gasteiger partial charge in [-0.15, -0.1) is 0 Å². The molecule has 0 spiro atoms. The van der Waals surface area contributed by atoms with Crippen molar-refractivity contribution in [1.29, 1.82) is 0 Å². The molecule has 1 fully saturated rings. The molecule has 1 aromatic carbocycles. The van der Waals surface area contributed by atoms with E-state index in [-0.39, 0.29) is 17.5 Å². The molecule has 0 bridgehead atoms. The number of amides is 2. The Hall–Kier alpha value is -2.21. The minimum absolute atomic E-state index is 0.0254. The number of carbonyl (C=O) groups excluding carboxylic acids is 1. The Morgan fingerprint density at radius 1 is 1.23 bits per heavy atom. The Morgan fingerprint density at radius 3 is 2.59 bits per heavy atom. The van der Waals surface area contributed by atoms with Gasteiger partial charge in [0.05, 0.1) is 5.02 Å². The summed E-state index contributed by atoms with van der Waals surface area (Å²) in [4.78, 5) is 15.7. The van der Waals surface area contributed by atoms with Gasteiger partial charge in [-0.3, -0.25) is 5.32 Å². The van der Waals surface area contributed by atoms with E-state index in [9.17, 15) is 13.6 Å². The van der Waals surface area contributed by atoms with Crippen molar-refractivity contribution in [1.82, 2.24) is 10.3 Å². The normalized spacial score (nSPS) is 19.6. The second-order valence-electron chi connectivity index (χ2n) is 5.04. The van der Waals surface area contributed by atoms with E-state index in [1.807, 2.05) is 0 Å². The summed E-state index contributed by atoms with van der Waals surface area (Å²) in [5.74, 6) is -1.18. The molecule has 114 valence electrons. The van der Waals surface area contributed by atoms with Crippen molar-refractivity contribution in [3.8, 4) is 0 Å². The second-order valence-corrected chi connectivity index (χ2v) is 5.48. The van der Waals surface area contributed by atoms with Gasteiger partial charge in [-0.25, -0.2) is 18.6 Å². The Morgan fingerprint density at radius 2 is 1.95 bits per heavy atom. The molecular weight excluding hydrogens is 312 g/mol. The first-order valence-electron chi connectivity index (χ1n) is 6.67. The molecule has 1 heterocycles. The number of anilines is 1. The lowest BCUT2D eigenvalue weighted by atomic mass is 10.1. The molecule has 2 atom stereocenters. The predicted molar refractivity (Wildman–Crippen MR) is 78.9 cm³/mol. The zero-order valence-electron chi connectivity index (χ0n) is 11.3. The number of urea groups is 1. The average Bonchev–Trinajstić information content (AvgIpc) is 3.20. The molecule has 1 aliphatic rings. The second kappa shape index (κ2) is 5.88. The molecule has 1 aromatic heterocycles. The van der Waals surface area contributed by atoms with E-state index in [4.69, 9.17) is 11.6 Å². The van der Waals surface area contributed by atoms with Crippen LogP contribution in [0.4, 0.5) is 19.4 Å². The summed E-state index contributed by atoms with van der Waals surface area (Å²) in [5.41, 5.74) is 0.0254. The molecule has 0 aliphatic heterocycles. The highest BCUT2D eigenvalue weighted by Gasteiger charge is 2.42. The number of carbonyl (C=O) groups is 1. The first kappa shape index (κ1) is 14.7. The van der Waals surface area contributed by atoms with E-state index in [2.05, 4.69) is 15.6 Å². The van der Waals surface area contributed by atoms with Crippen LogP contribution in [0.15, 0.2) is 36.5 Å². The van der Waals surface area contributed by atoms with Gasteiger partial charge >= 0.3 is 6.03 Å². The molecule has 1 unspecified atom stereocenters. The average molecular weight is 324 g/mol. The van der Waals surface area contributed by atoms with Crippen LogP contribution in [-0.4, -0.2) is 17.1 Å². The summed E-state index contributed by atoms with van der Waals surface area (Å²) in [6.07, 6.45) is 1.91. The lowest BCUT2D eigenvalue weighted by molar-refractivity contribution is 0.251. The van der Waals surface area contributed by atoms with Crippen LogP contribution in [-0.2, 0) is 0 Å². The molecule has 7 heteroatoms. The fourth-order valence-electron chi connectivity index (χ4n) is 2.31. The van der Waals surface area contributed by atoms with E-state index in [1.165, 1.54) is 24.4 Å². The summed E-state index contributed by atoms with van der Waals surface area (Å²) >= 11 is 5.70. The Bertz CT molecular complexity index is 688. The molecule has 2 N–H and O–H groups in total. The van der Waals surface area contributed by atoms with Gasteiger partial charge in [0.2, 0.25) is 0 Å². The Balaban J connectivity index is 1.59. The van der Waals surface area contributed by atoms with E-state index >= 15 is 0 Å². The van der Waals surface area contributed by atoms with Crippen molar-refractivity contribution >= 4 is 23.4 Å². The van der Waals surface area contributed by atoms with Crippen molar-refractivity contribution in [2.75, 3.05) is 5.32 Å². The molecule has 4 nitrogen and oxygen atoms in total. The molecule has 22 heavy (non-hydrogen) atoms. The van der Waals surface area contributed by atoms with E-state index < -0.39 is 17.7 Å². The van der Waals surface area contributed by atoms with Gasteiger partial charge in [0.15, 0.2) is 0 Å². The number of aromatic nitrogens is 1. The number of rotatable bonds is 3. The van der Waals surface area contributed by atoms with E-state index in [1.54, 1.807) is 12.1 Å². The highest BCUT2D eigenvalue weighted by atomic mass is 35.5. The standard InChI is InChI=1S/C15H12ClF2N3O/c16-8-4-5-13(19-7-8)21-15(22)20-12-6-9(12)14-10(17)2-1-3-11(14)18/h1-5,7,9,12H,6H2,(H2,19,20,21,22)/t9?,12-/m0/s1. The van der Waals surface area contributed by atoms with Crippen molar-refractivity contribution in [2.45, 2.75) is 18.4 Å². The smallest absolute Gasteiger partial charge is 0.320 e. The van der Waals surface area contributed by atoms with E-state index in [0.717, 1.165) is 0 Å². The van der Waals surface area contributed by atoms with Crippen LogP contribution in [0.1, 0.15) is 17.9 Å². The summed E-state index contributed by atoms with van der Waals surface area (Å²) in [6, 6.07) is 6.13. The molecule has 1 saturated carbocycles. The number of hydrogen-bond donors (Lipinski definition) is 2. The van der Waals surface area contributed by atoms with Gasteiger partial charge < -0.3 is 5.32 Å². The maximum Gasteiger partial charge on any atom is 0.320 e. The monoisotopic (exact) mass is 323 g/mol. The van der Waals surface area contributed by atoms with Gasteiger partial charge in [0, 0.05) is 23.7 Å². The third-order valence-electron chi connectivity index (χ3n) is 3.45. The van der Waals surface area contributed by atoms with Crippen molar-refractivity contribution in [3.05, 3.63) is 58.7 Å². The van der Waals surface area contributed by atoms with Crippen LogP contribution in [0, 0.1) is 11.6 Å². The molecule has 3 rings (SSSR count). The fraction of sp³-hybridized carbons (Fsp3) is 0.200. The highest BCUT2D eigenvalue weighted by Crippen LogP contribution is 2.43. The highest BCUT2D eigenvalue weighted by molar-refractivity contribution is 6.30. The zero-order chi connectivity index (χ0) is 15.7. The van der Waals surface area contributed by atoms with Crippen molar-refractivity contribution in [2.24, 2.45) is 0 Å². The molecule has 0 radical (unpaired) electrons. The summed E-state index contributed by atoms with van der Waals surface area (Å²) in [6.45, 7) is 0. The van der Waals surface area contributed by atoms with Crippen LogP contribution in [0.5, 0.6) is 0 Å². The number of hydrogen-bond acceptors (Lipinski definition) is 2. The topological polar surface area (TPSA) is 54.0 Å². The Kier molecular flexibility index (Phi) is 3.94. The molecule has 2 amide bonds. The number of nitrogens with one attached hydrogen (secondary N) is 2. The fourth-order valence-corrected chi connectivity index (χ4v) is 2.42. The van der Waals surface area contributed by atoms with Gasteiger partial charge in [-0.05, 0) is 30.7 Å². The minimum atomic E-state index is -0.589. The maximum atomic E-state index is 13.6. The molecule has 1 aliphatic carbocycles. The minimum Gasteiger partial charge on any atom is -0.334 e. The lowest BCUT2D eigenvalue weighted by Crippen LogP contribution is -2.31. The molecule has 2 aromatic rings. The maximum absolute atomic E-state index is 13.6. The Labute approximate surface area is 130 Å². The van der Waals surface area contributed by atoms with E-state index in [0.29, 0.717) is 17.3 Å². The van der Waals surface area contributed by atoms with Crippen LogP contribution in [0.3, 0.4) is 0 Å². The number of halogens is 3. The van der Waals surface area contributed by atoms with Crippen LogP contribution in [0.25, 0.3) is 0 Å². The quantitative estimate of drug-likeness (QED) is 0.905. The van der Waals surface area contributed by atoms with Crippen molar-refractivity contribution in [3.63, 3.8) is 0 Å². The van der Waals surface area contributed by atoms with Gasteiger partial charge in [-0.1, -0.05) is 17.7 Å². The van der Waals surface area contributed by atoms with Gasteiger partial charge in [0.25, 0.3) is 0 Å². The molecular formula is C15H12ClF2N3O. The predicted octanol–water partition coefficient (Wildman–Crippen LogP) is 3.69. The summed E-state index contributed by atoms with van der Waals surface area (Å²) in [7, 11) is 0. The first-order chi connectivity index (χ1) is 10.5. The summed E-state index contributed by atoms with van der Waals surface area (Å²) in [5, 5.41) is 5.66. The number of benzene rings is 1. The molecule has 0 saturated heterocycles. The third kappa shape index (κ3) is 3.17. The van der Waals surface area contributed by atoms with Crippen molar-refractivity contribution < 1.29 is 13.6 Å². The largest absolute Gasteiger partial charge is 0.334 e. The summed E-state index contributed by atoms with van der Waals surface area (Å²) < 4.78 is 27.3. The van der Waals surface area contributed by atoms with Crippen LogP contribution in [0.2, 0.25) is 5.02 Å². The lowest BCUT2D eigenvalue weighted by Gasteiger charge is -2.08. The third-order valence-corrected chi connectivity index (χ3v) is 3.67. The SMILES string of the molecule is O=C(Nc1ccc(Cl)cn1)N[C@H]1CC1c1c(F)cccc1F. The number of pyridine rings is 1.